The van der Waals surface area contributed by atoms with Gasteiger partial charge in [0.05, 0.1) is 34.4 Å². The number of carbonyl (C=O) groups is 1. The fraction of sp³-hybridized carbons (Fsp3) is 0.474. The summed E-state index contributed by atoms with van der Waals surface area (Å²) in [4.78, 5) is 12.6. The van der Waals surface area contributed by atoms with E-state index in [9.17, 15) is 13.2 Å². The number of nitrogens with zero attached hydrogens (tertiary/aromatic N) is 3. The molecule has 158 valence electrons. The average molecular weight is 441 g/mol. The highest BCUT2D eigenvalue weighted by Crippen LogP contribution is 2.23. The topological polar surface area (TPSA) is 93.5 Å². The first-order chi connectivity index (χ1) is 13.8. The van der Waals surface area contributed by atoms with E-state index in [1.807, 2.05) is 24.6 Å². The standard InChI is InChI=1S/C19H25ClN4O4S/c1-14-12-15(2)24(22-14)7-3-6-21-19(25)17-13-16(4-5-18(17)20)29(26,27)23-8-10-28-11-9-23/h4-5,12-13H,3,6-11H2,1-2H3,(H,21,25). The molecule has 1 N–H and O–H groups in total. The largest absolute Gasteiger partial charge is 0.379 e. The zero-order valence-electron chi connectivity index (χ0n) is 16.5. The lowest BCUT2D eigenvalue weighted by molar-refractivity contribution is 0.0730. The molecular weight excluding hydrogens is 416 g/mol. The Bertz CT molecular complexity index is 984. The van der Waals surface area contributed by atoms with E-state index < -0.39 is 15.9 Å². The summed E-state index contributed by atoms with van der Waals surface area (Å²) >= 11 is 6.16. The summed E-state index contributed by atoms with van der Waals surface area (Å²) in [6, 6.07) is 6.20. The molecule has 1 fully saturated rings. The van der Waals surface area contributed by atoms with Gasteiger partial charge in [0.1, 0.15) is 0 Å². The summed E-state index contributed by atoms with van der Waals surface area (Å²) < 4.78 is 34.1. The number of sulfonamides is 1. The van der Waals surface area contributed by atoms with Crippen molar-refractivity contribution in [3.63, 3.8) is 0 Å². The first-order valence-corrected chi connectivity index (χ1v) is 11.3. The predicted octanol–water partition coefficient (Wildman–Crippen LogP) is 1.99. The number of hydrogen-bond acceptors (Lipinski definition) is 5. The fourth-order valence-corrected chi connectivity index (χ4v) is 4.84. The van der Waals surface area contributed by atoms with E-state index in [-0.39, 0.29) is 15.5 Å². The van der Waals surface area contributed by atoms with Gasteiger partial charge >= 0.3 is 0 Å². The highest BCUT2D eigenvalue weighted by atomic mass is 35.5. The Morgan fingerprint density at radius 3 is 2.62 bits per heavy atom. The molecule has 0 bridgehead atoms. The Morgan fingerprint density at radius 2 is 1.97 bits per heavy atom. The van der Waals surface area contributed by atoms with Crippen molar-refractivity contribution in [3.05, 3.63) is 46.2 Å². The van der Waals surface area contributed by atoms with Crippen LogP contribution in [0.5, 0.6) is 0 Å². The number of hydrogen-bond donors (Lipinski definition) is 1. The Labute approximate surface area is 175 Å². The second-order valence-corrected chi connectivity index (χ2v) is 9.26. The lowest BCUT2D eigenvalue weighted by Crippen LogP contribution is -2.40. The van der Waals surface area contributed by atoms with Crippen molar-refractivity contribution in [2.75, 3.05) is 32.8 Å². The molecule has 1 saturated heterocycles. The van der Waals surface area contributed by atoms with Gasteiger partial charge in [0, 0.05) is 31.9 Å². The lowest BCUT2D eigenvalue weighted by Gasteiger charge is -2.26. The van der Waals surface area contributed by atoms with Crippen LogP contribution in [0.2, 0.25) is 5.02 Å². The van der Waals surface area contributed by atoms with Gasteiger partial charge in [-0.15, -0.1) is 0 Å². The van der Waals surface area contributed by atoms with Crippen LogP contribution in [0.1, 0.15) is 28.2 Å². The van der Waals surface area contributed by atoms with E-state index >= 15 is 0 Å². The molecule has 3 rings (SSSR count). The van der Waals surface area contributed by atoms with Crippen LogP contribution in [-0.2, 0) is 21.3 Å². The highest BCUT2D eigenvalue weighted by Gasteiger charge is 2.27. The third-order valence-electron chi connectivity index (χ3n) is 4.73. The number of amides is 1. The van der Waals surface area contributed by atoms with Crippen molar-refractivity contribution < 1.29 is 17.9 Å². The number of benzene rings is 1. The molecule has 0 radical (unpaired) electrons. The summed E-state index contributed by atoms with van der Waals surface area (Å²) in [5, 5.41) is 7.40. The van der Waals surface area contributed by atoms with Gasteiger partial charge in [-0.3, -0.25) is 9.48 Å². The number of carbonyl (C=O) groups excluding carboxylic acids is 1. The number of ether oxygens (including phenoxy) is 1. The minimum absolute atomic E-state index is 0.0524. The molecule has 1 aliphatic heterocycles. The molecule has 1 aliphatic rings. The van der Waals surface area contributed by atoms with E-state index in [1.54, 1.807) is 0 Å². The van der Waals surface area contributed by atoms with Crippen LogP contribution in [0.15, 0.2) is 29.2 Å². The predicted molar refractivity (Wildman–Crippen MR) is 110 cm³/mol. The van der Waals surface area contributed by atoms with Crippen molar-refractivity contribution in [2.24, 2.45) is 0 Å². The second-order valence-electron chi connectivity index (χ2n) is 6.92. The first kappa shape index (κ1) is 21.8. The molecule has 8 nitrogen and oxygen atoms in total. The second kappa shape index (κ2) is 9.25. The molecule has 1 aromatic heterocycles. The van der Waals surface area contributed by atoms with Gasteiger partial charge in [0.2, 0.25) is 10.0 Å². The molecule has 0 spiro atoms. The lowest BCUT2D eigenvalue weighted by atomic mass is 10.2. The number of halogens is 1. The van der Waals surface area contributed by atoms with Gasteiger partial charge in [-0.05, 0) is 44.5 Å². The highest BCUT2D eigenvalue weighted by molar-refractivity contribution is 7.89. The van der Waals surface area contributed by atoms with Crippen molar-refractivity contribution in [2.45, 2.75) is 31.7 Å². The van der Waals surface area contributed by atoms with Crippen LogP contribution in [0.25, 0.3) is 0 Å². The van der Waals surface area contributed by atoms with Gasteiger partial charge in [-0.1, -0.05) is 11.6 Å². The van der Waals surface area contributed by atoms with E-state index in [0.717, 1.165) is 11.4 Å². The maximum Gasteiger partial charge on any atom is 0.252 e. The van der Waals surface area contributed by atoms with Crippen LogP contribution in [0.3, 0.4) is 0 Å². The van der Waals surface area contributed by atoms with Crippen LogP contribution < -0.4 is 5.32 Å². The Morgan fingerprint density at radius 1 is 1.24 bits per heavy atom. The van der Waals surface area contributed by atoms with Gasteiger partial charge < -0.3 is 10.1 Å². The number of nitrogens with one attached hydrogen (secondary N) is 1. The van der Waals surface area contributed by atoms with Crippen molar-refractivity contribution in [1.82, 2.24) is 19.4 Å². The van der Waals surface area contributed by atoms with Crippen LogP contribution in [0, 0.1) is 13.8 Å². The van der Waals surface area contributed by atoms with Gasteiger partial charge in [-0.2, -0.15) is 9.40 Å². The fourth-order valence-electron chi connectivity index (χ4n) is 3.20. The van der Waals surface area contributed by atoms with Gasteiger partial charge in [0.15, 0.2) is 0 Å². The summed E-state index contributed by atoms with van der Waals surface area (Å²) in [7, 11) is -3.70. The minimum atomic E-state index is -3.70. The number of morpholine rings is 1. The van der Waals surface area contributed by atoms with E-state index in [4.69, 9.17) is 16.3 Å². The molecule has 0 aliphatic carbocycles. The maximum atomic E-state index is 12.8. The maximum absolute atomic E-state index is 12.8. The summed E-state index contributed by atoms with van der Waals surface area (Å²) in [6.07, 6.45) is 0.692. The van der Waals surface area contributed by atoms with Gasteiger partial charge in [0.25, 0.3) is 5.91 Å². The third kappa shape index (κ3) is 5.16. The zero-order valence-corrected chi connectivity index (χ0v) is 18.1. The molecular formula is C19H25ClN4O4S. The number of aromatic nitrogens is 2. The molecule has 0 unspecified atom stereocenters. The van der Waals surface area contributed by atoms with Gasteiger partial charge in [-0.25, -0.2) is 8.42 Å². The van der Waals surface area contributed by atoms with Crippen molar-refractivity contribution in [3.8, 4) is 0 Å². The monoisotopic (exact) mass is 440 g/mol. The number of rotatable bonds is 7. The van der Waals surface area contributed by atoms with E-state index in [0.29, 0.717) is 45.8 Å². The molecule has 2 heterocycles. The van der Waals surface area contributed by atoms with Crippen molar-refractivity contribution >= 4 is 27.5 Å². The number of aryl methyl sites for hydroxylation is 3. The molecule has 10 heteroatoms. The Hall–Kier alpha value is -1.94. The minimum Gasteiger partial charge on any atom is -0.379 e. The quantitative estimate of drug-likeness (QED) is 0.664. The van der Waals surface area contributed by atoms with Crippen molar-refractivity contribution in [1.29, 1.82) is 0 Å². The molecule has 0 atom stereocenters. The molecule has 1 amide bonds. The van der Waals surface area contributed by atoms with E-state index in [2.05, 4.69) is 10.4 Å². The molecule has 1 aromatic carbocycles. The summed E-state index contributed by atoms with van der Waals surface area (Å²) in [6.45, 7) is 6.32. The smallest absolute Gasteiger partial charge is 0.252 e. The first-order valence-electron chi connectivity index (χ1n) is 9.46. The Balaban J connectivity index is 1.64. The van der Waals surface area contributed by atoms with Crippen LogP contribution >= 0.6 is 11.6 Å². The Kier molecular flexibility index (Phi) is 6.94. The average Bonchev–Trinajstić information content (AvgIpc) is 3.03. The molecule has 29 heavy (non-hydrogen) atoms. The molecule has 0 saturated carbocycles. The normalized spacial score (nSPS) is 15.4. The SMILES string of the molecule is Cc1cc(C)n(CCCNC(=O)c2cc(S(=O)(=O)N3CCOCC3)ccc2Cl)n1. The van der Waals surface area contributed by atoms with E-state index in [1.165, 1.54) is 22.5 Å². The van der Waals surface area contributed by atoms with Crippen LogP contribution in [0.4, 0.5) is 0 Å². The summed E-state index contributed by atoms with van der Waals surface area (Å²) in [5.74, 6) is -0.401. The summed E-state index contributed by atoms with van der Waals surface area (Å²) in [5.41, 5.74) is 2.17. The molecule has 2 aromatic rings. The zero-order chi connectivity index (χ0) is 21.0. The van der Waals surface area contributed by atoms with Crippen LogP contribution in [-0.4, -0.2) is 61.3 Å². The third-order valence-corrected chi connectivity index (χ3v) is 6.95.